The van der Waals surface area contributed by atoms with Crippen LogP contribution in [0.15, 0.2) is 23.4 Å². The number of carbonyl (C=O) groups is 1. The predicted octanol–water partition coefficient (Wildman–Crippen LogP) is -0.0641. The average Bonchev–Trinajstić information content (AvgIpc) is 3.07. The van der Waals surface area contributed by atoms with Crippen LogP contribution in [0, 0.1) is 6.92 Å². The van der Waals surface area contributed by atoms with E-state index < -0.39 is 16.1 Å². The van der Waals surface area contributed by atoms with Gasteiger partial charge in [-0.25, -0.2) is 8.42 Å². The smallest absolute Gasteiger partial charge is 0.258 e. The molecule has 24 heavy (non-hydrogen) atoms. The van der Waals surface area contributed by atoms with Crippen molar-refractivity contribution in [3.05, 3.63) is 24.0 Å². The molecule has 1 aliphatic rings. The molecule has 1 fully saturated rings. The Morgan fingerprint density at radius 1 is 1.29 bits per heavy atom. The fraction of sp³-hybridized carbons (Fsp3) is 0.500. The number of nitrogens with one attached hydrogen (secondary N) is 1. The van der Waals surface area contributed by atoms with Crippen molar-refractivity contribution in [1.82, 2.24) is 24.3 Å². The van der Waals surface area contributed by atoms with Gasteiger partial charge in [0.05, 0.1) is 11.9 Å². The van der Waals surface area contributed by atoms with Gasteiger partial charge in [-0.1, -0.05) is 0 Å². The third kappa shape index (κ3) is 2.94. The first kappa shape index (κ1) is 16.7. The van der Waals surface area contributed by atoms with Gasteiger partial charge < -0.3 is 0 Å². The van der Waals surface area contributed by atoms with E-state index in [-0.39, 0.29) is 10.9 Å². The summed E-state index contributed by atoms with van der Waals surface area (Å²) in [5.41, 5.74) is 0.804. The standard InChI is InChI=1S/C14H20N6O3S/c1-10-9-12(18(2)16-10)20-8-4-5-11(14(20)21)17-24(22,23)13-6-7-15-19(13)3/h6-7,9,11,17H,4-5,8H2,1-3H3. The minimum atomic E-state index is -3.81. The largest absolute Gasteiger partial charge is 0.296 e. The molecule has 0 bridgehead atoms. The molecule has 130 valence electrons. The molecule has 0 spiro atoms. The van der Waals surface area contributed by atoms with Crippen LogP contribution in [-0.4, -0.2) is 46.5 Å². The van der Waals surface area contributed by atoms with Gasteiger partial charge in [0.25, 0.3) is 10.0 Å². The van der Waals surface area contributed by atoms with Gasteiger partial charge in [-0.2, -0.15) is 14.9 Å². The molecule has 1 amide bonds. The van der Waals surface area contributed by atoms with Crippen molar-refractivity contribution in [2.45, 2.75) is 30.8 Å². The van der Waals surface area contributed by atoms with Crippen LogP contribution < -0.4 is 9.62 Å². The lowest BCUT2D eigenvalue weighted by Crippen LogP contribution is -2.53. The molecule has 3 heterocycles. The maximum absolute atomic E-state index is 12.8. The molecule has 1 N–H and O–H groups in total. The molecular formula is C14H20N6O3S. The van der Waals surface area contributed by atoms with Crippen LogP contribution in [0.3, 0.4) is 0 Å². The molecule has 1 atom stereocenters. The van der Waals surface area contributed by atoms with Gasteiger partial charge >= 0.3 is 0 Å². The number of piperidine rings is 1. The molecule has 0 aromatic carbocycles. The lowest BCUT2D eigenvalue weighted by Gasteiger charge is -2.32. The number of hydrogen-bond donors (Lipinski definition) is 1. The highest BCUT2D eigenvalue weighted by atomic mass is 32.2. The summed E-state index contributed by atoms with van der Waals surface area (Å²) in [6.07, 6.45) is 2.57. The quantitative estimate of drug-likeness (QED) is 0.830. The Labute approximate surface area is 140 Å². The zero-order chi connectivity index (χ0) is 17.5. The van der Waals surface area contributed by atoms with E-state index in [1.807, 2.05) is 13.0 Å². The second kappa shape index (κ2) is 6.02. The maximum atomic E-state index is 12.8. The minimum absolute atomic E-state index is 0.0313. The van der Waals surface area contributed by atoms with E-state index in [1.165, 1.54) is 16.9 Å². The highest BCUT2D eigenvalue weighted by Gasteiger charge is 2.35. The number of hydrogen-bond acceptors (Lipinski definition) is 5. The molecule has 1 aliphatic heterocycles. The first-order valence-corrected chi connectivity index (χ1v) is 9.10. The van der Waals surface area contributed by atoms with Gasteiger partial charge in [0.1, 0.15) is 11.9 Å². The molecule has 0 radical (unpaired) electrons. The van der Waals surface area contributed by atoms with E-state index in [9.17, 15) is 13.2 Å². The first-order valence-electron chi connectivity index (χ1n) is 7.62. The molecule has 0 aliphatic carbocycles. The lowest BCUT2D eigenvalue weighted by molar-refractivity contribution is -0.121. The molecule has 2 aromatic rings. The van der Waals surface area contributed by atoms with E-state index in [1.54, 1.807) is 23.7 Å². The van der Waals surface area contributed by atoms with Gasteiger partial charge in [0.15, 0.2) is 5.03 Å². The Morgan fingerprint density at radius 3 is 2.62 bits per heavy atom. The molecule has 0 saturated carbocycles. The molecule has 3 rings (SSSR count). The van der Waals surface area contributed by atoms with Gasteiger partial charge in [-0.05, 0) is 25.8 Å². The van der Waals surface area contributed by atoms with Crippen LogP contribution >= 0.6 is 0 Å². The normalized spacial score (nSPS) is 19.0. The number of carbonyl (C=O) groups excluding carboxylic acids is 1. The minimum Gasteiger partial charge on any atom is -0.296 e. The second-order valence-corrected chi connectivity index (χ2v) is 7.53. The Morgan fingerprint density at radius 2 is 2.04 bits per heavy atom. The molecule has 1 saturated heterocycles. The summed E-state index contributed by atoms with van der Waals surface area (Å²) in [5, 5.41) is 8.14. The zero-order valence-electron chi connectivity index (χ0n) is 13.8. The number of aryl methyl sites for hydroxylation is 3. The fourth-order valence-electron chi connectivity index (χ4n) is 2.93. The van der Waals surface area contributed by atoms with Crippen molar-refractivity contribution in [2.75, 3.05) is 11.4 Å². The van der Waals surface area contributed by atoms with E-state index in [0.29, 0.717) is 25.2 Å². The number of amides is 1. The van der Waals surface area contributed by atoms with E-state index >= 15 is 0 Å². The Balaban J connectivity index is 1.83. The summed E-state index contributed by atoms with van der Waals surface area (Å²) < 4.78 is 30.4. The molecule has 9 nitrogen and oxygen atoms in total. The molecule has 1 unspecified atom stereocenters. The summed E-state index contributed by atoms with van der Waals surface area (Å²) in [5.74, 6) is 0.400. The van der Waals surface area contributed by atoms with Crippen molar-refractivity contribution >= 4 is 21.7 Å². The average molecular weight is 352 g/mol. The number of aromatic nitrogens is 4. The summed E-state index contributed by atoms with van der Waals surface area (Å²) in [7, 11) is -0.504. The summed E-state index contributed by atoms with van der Waals surface area (Å²) >= 11 is 0. The Bertz CT molecular complexity index is 869. The van der Waals surface area contributed by atoms with Crippen molar-refractivity contribution in [2.24, 2.45) is 14.1 Å². The summed E-state index contributed by atoms with van der Waals surface area (Å²) in [6, 6.07) is 2.42. The highest BCUT2D eigenvalue weighted by molar-refractivity contribution is 7.89. The van der Waals surface area contributed by atoms with Crippen molar-refractivity contribution in [3.63, 3.8) is 0 Å². The highest BCUT2D eigenvalue weighted by Crippen LogP contribution is 2.22. The SMILES string of the molecule is Cc1cc(N2CCCC(NS(=O)(=O)c3ccnn3C)C2=O)n(C)n1. The monoisotopic (exact) mass is 352 g/mol. The van der Waals surface area contributed by atoms with Gasteiger partial charge in [-0.15, -0.1) is 0 Å². The summed E-state index contributed by atoms with van der Waals surface area (Å²) in [6.45, 7) is 2.39. The summed E-state index contributed by atoms with van der Waals surface area (Å²) in [4.78, 5) is 14.3. The van der Waals surface area contributed by atoms with E-state index in [2.05, 4.69) is 14.9 Å². The number of rotatable bonds is 4. The Hall–Kier alpha value is -2.20. The topological polar surface area (TPSA) is 102 Å². The van der Waals surface area contributed by atoms with Crippen LogP contribution in [0.25, 0.3) is 0 Å². The predicted molar refractivity (Wildman–Crippen MR) is 86.8 cm³/mol. The second-order valence-electron chi connectivity index (χ2n) is 5.87. The van der Waals surface area contributed by atoms with Gasteiger partial charge in [0, 0.05) is 26.7 Å². The van der Waals surface area contributed by atoms with Crippen LogP contribution in [0.4, 0.5) is 5.82 Å². The molecule has 2 aromatic heterocycles. The molecule has 10 heteroatoms. The van der Waals surface area contributed by atoms with Crippen molar-refractivity contribution in [3.8, 4) is 0 Å². The van der Waals surface area contributed by atoms with Crippen LogP contribution in [0.2, 0.25) is 0 Å². The van der Waals surface area contributed by atoms with Crippen LogP contribution in [-0.2, 0) is 28.9 Å². The maximum Gasteiger partial charge on any atom is 0.258 e. The number of nitrogens with zero attached hydrogens (tertiary/aromatic N) is 5. The Kier molecular flexibility index (Phi) is 4.18. The van der Waals surface area contributed by atoms with E-state index in [0.717, 1.165) is 5.69 Å². The van der Waals surface area contributed by atoms with E-state index in [4.69, 9.17) is 0 Å². The van der Waals surface area contributed by atoms with Gasteiger partial charge in [0.2, 0.25) is 5.91 Å². The van der Waals surface area contributed by atoms with Crippen molar-refractivity contribution in [1.29, 1.82) is 0 Å². The third-order valence-corrected chi connectivity index (χ3v) is 5.59. The fourth-order valence-corrected chi connectivity index (χ4v) is 4.28. The number of sulfonamides is 1. The molecular weight excluding hydrogens is 332 g/mol. The van der Waals surface area contributed by atoms with Gasteiger partial charge in [-0.3, -0.25) is 19.1 Å². The van der Waals surface area contributed by atoms with Crippen molar-refractivity contribution < 1.29 is 13.2 Å². The third-order valence-electron chi connectivity index (χ3n) is 4.04. The van der Waals surface area contributed by atoms with Crippen LogP contribution in [0.1, 0.15) is 18.5 Å². The number of anilines is 1. The zero-order valence-corrected chi connectivity index (χ0v) is 14.6. The lowest BCUT2D eigenvalue weighted by atomic mass is 10.1. The first-order chi connectivity index (χ1) is 11.3. The van der Waals surface area contributed by atoms with Crippen LogP contribution in [0.5, 0.6) is 0 Å².